The zero-order valence-electron chi connectivity index (χ0n) is 12.9. The van der Waals surface area contributed by atoms with Gasteiger partial charge in [-0.1, -0.05) is 24.3 Å². The van der Waals surface area contributed by atoms with Crippen LogP contribution in [0.5, 0.6) is 11.5 Å². The van der Waals surface area contributed by atoms with E-state index in [1.165, 1.54) is 7.11 Å². The highest BCUT2D eigenvalue weighted by molar-refractivity contribution is 7.13. The molecule has 0 saturated carbocycles. The molecule has 1 aliphatic heterocycles. The van der Waals surface area contributed by atoms with Crippen LogP contribution in [0.1, 0.15) is 15.9 Å². The zero-order chi connectivity index (χ0) is 16.7. The molecule has 0 spiro atoms. The molecule has 2 heterocycles. The molecule has 0 saturated heterocycles. The number of hydrogen-bond donors (Lipinski definition) is 1. The van der Waals surface area contributed by atoms with Crippen LogP contribution in [-0.4, -0.2) is 18.2 Å². The minimum absolute atomic E-state index is 0.0827. The summed E-state index contributed by atoms with van der Waals surface area (Å²) in [6.07, 6.45) is 0. The van der Waals surface area contributed by atoms with Crippen molar-refractivity contribution in [2.24, 2.45) is 0 Å². The fourth-order valence-corrected chi connectivity index (χ4v) is 3.84. The first-order valence-corrected chi connectivity index (χ1v) is 8.32. The summed E-state index contributed by atoms with van der Waals surface area (Å²) in [6, 6.07) is 13.1. The third-order valence-corrected chi connectivity index (χ3v) is 5.02. The van der Waals surface area contributed by atoms with Gasteiger partial charge in [0.2, 0.25) is 0 Å². The number of thiophene rings is 1. The van der Waals surface area contributed by atoms with E-state index in [1.54, 1.807) is 17.4 Å². The number of ether oxygens (including phenoxy) is 2. The summed E-state index contributed by atoms with van der Waals surface area (Å²) in [6.45, 7) is 0.337. The number of rotatable bonds is 2. The number of aromatic hydroxyl groups is 1. The van der Waals surface area contributed by atoms with Crippen LogP contribution in [0.25, 0.3) is 21.6 Å². The monoisotopic (exact) mass is 338 g/mol. The molecule has 4 nitrogen and oxygen atoms in total. The molecular formula is C19H14O4S. The van der Waals surface area contributed by atoms with Gasteiger partial charge in [0, 0.05) is 27.1 Å². The number of hydrogen-bond acceptors (Lipinski definition) is 5. The summed E-state index contributed by atoms with van der Waals surface area (Å²) in [5.74, 6) is 0.0526. The van der Waals surface area contributed by atoms with Gasteiger partial charge in [0.25, 0.3) is 0 Å². The van der Waals surface area contributed by atoms with Crippen LogP contribution in [-0.2, 0) is 11.3 Å². The first-order valence-electron chi connectivity index (χ1n) is 7.44. The molecule has 120 valence electrons. The van der Waals surface area contributed by atoms with Crippen LogP contribution in [0, 0.1) is 0 Å². The van der Waals surface area contributed by atoms with Crippen molar-refractivity contribution < 1.29 is 19.4 Å². The van der Waals surface area contributed by atoms with Crippen LogP contribution in [0.2, 0.25) is 0 Å². The predicted molar refractivity (Wildman–Crippen MR) is 92.5 cm³/mol. The van der Waals surface area contributed by atoms with Gasteiger partial charge in [-0.05, 0) is 23.6 Å². The van der Waals surface area contributed by atoms with Crippen molar-refractivity contribution in [2.75, 3.05) is 7.11 Å². The van der Waals surface area contributed by atoms with E-state index >= 15 is 0 Å². The van der Waals surface area contributed by atoms with Crippen molar-refractivity contribution >= 4 is 17.3 Å². The Bertz CT molecular complexity index is 929. The summed E-state index contributed by atoms with van der Waals surface area (Å²) in [5, 5.41) is 12.5. The second kappa shape index (κ2) is 5.69. The average Bonchev–Trinajstić information content (AvgIpc) is 3.14. The molecule has 4 rings (SSSR count). The van der Waals surface area contributed by atoms with Crippen LogP contribution in [0.3, 0.4) is 0 Å². The third kappa shape index (κ3) is 2.17. The highest BCUT2D eigenvalue weighted by Gasteiger charge is 2.29. The number of esters is 1. The number of fused-ring (bicyclic) bond motifs is 3. The van der Waals surface area contributed by atoms with Gasteiger partial charge in [-0.25, -0.2) is 4.79 Å². The first kappa shape index (κ1) is 14.8. The van der Waals surface area contributed by atoms with Gasteiger partial charge < -0.3 is 14.6 Å². The Labute approximate surface area is 142 Å². The van der Waals surface area contributed by atoms with Gasteiger partial charge in [-0.3, -0.25) is 0 Å². The summed E-state index contributed by atoms with van der Waals surface area (Å²) in [4.78, 5) is 13.3. The molecule has 3 aromatic rings. The highest BCUT2D eigenvalue weighted by Crippen LogP contribution is 2.47. The second-order valence-corrected chi connectivity index (χ2v) is 6.37. The van der Waals surface area contributed by atoms with Crippen molar-refractivity contribution in [3.05, 3.63) is 59.0 Å². The number of carbonyl (C=O) groups is 1. The Morgan fingerprint density at radius 1 is 1.21 bits per heavy atom. The molecule has 24 heavy (non-hydrogen) atoms. The van der Waals surface area contributed by atoms with Crippen molar-refractivity contribution in [1.82, 2.24) is 0 Å². The largest absolute Gasteiger partial charge is 0.507 e. The van der Waals surface area contributed by atoms with Crippen molar-refractivity contribution in [3.8, 4) is 33.1 Å². The van der Waals surface area contributed by atoms with E-state index in [0.29, 0.717) is 17.9 Å². The number of methoxy groups -OCH3 is 1. The number of benzene rings is 2. The molecule has 1 N–H and O–H groups in total. The number of para-hydroxylation sites is 1. The molecule has 0 bridgehead atoms. The third-order valence-electron chi connectivity index (χ3n) is 4.12. The molecule has 0 fully saturated rings. The minimum Gasteiger partial charge on any atom is -0.507 e. The van der Waals surface area contributed by atoms with E-state index in [2.05, 4.69) is 0 Å². The van der Waals surface area contributed by atoms with Gasteiger partial charge in [-0.15, -0.1) is 11.3 Å². The Morgan fingerprint density at radius 3 is 2.79 bits per heavy atom. The minimum atomic E-state index is -0.557. The molecule has 5 heteroatoms. The van der Waals surface area contributed by atoms with Crippen molar-refractivity contribution in [3.63, 3.8) is 0 Å². The number of carbonyl (C=O) groups excluding carboxylic acids is 1. The SMILES string of the molecule is COC(=O)c1c(O)cc(-c2cccs2)c2c1-c1ccccc1OC2. The molecule has 0 atom stereocenters. The van der Waals surface area contributed by atoms with Crippen LogP contribution < -0.4 is 4.74 Å². The summed E-state index contributed by atoms with van der Waals surface area (Å²) in [7, 11) is 1.31. The van der Waals surface area contributed by atoms with Gasteiger partial charge >= 0.3 is 5.97 Å². The van der Waals surface area contributed by atoms with E-state index in [0.717, 1.165) is 21.6 Å². The molecule has 1 aliphatic rings. The van der Waals surface area contributed by atoms with E-state index in [9.17, 15) is 9.90 Å². The average molecular weight is 338 g/mol. The van der Waals surface area contributed by atoms with Crippen LogP contribution >= 0.6 is 11.3 Å². The summed E-state index contributed by atoms with van der Waals surface area (Å²) < 4.78 is 10.8. The molecular weight excluding hydrogens is 324 g/mol. The topological polar surface area (TPSA) is 55.8 Å². The van der Waals surface area contributed by atoms with E-state index in [-0.39, 0.29) is 11.3 Å². The molecule has 0 amide bonds. The number of phenolic OH excluding ortho intramolecular Hbond substituents is 1. The van der Waals surface area contributed by atoms with Gasteiger partial charge in [-0.2, -0.15) is 0 Å². The van der Waals surface area contributed by atoms with E-state index in [4.69, 9.17) is 9.47 Å². The lowest BCUT2D eigenvalue weighted by Crippen LogP contribution is -2.13. The van der Waals surface area contributed by atoms with Gasteiger partial charge in [0.15, 0.2) is 0 Å². The Kier molecular flexibility index (Phi) is 3.50. The maximum Gasteiger partial charge on any atom is 0.342 e. The predicted octanol–water partition coefficient (Wildman–Crippen LogP) is 4.47. The lowest BCUT2D eigenvalue weighted by atomic mass is 9.88. The normalized spacial score (nSPS) is 12.0. The molecule has 1 aromatic heterocycles. The van der Waals surface area contributed by atoms with E-state index < -0.39 is 5.97 Å². The van der Waals surface area contributed by atoms with Crippen molar-refractivity contribution in [1.29, 1.82) is 0 Å². The molecule has 0 aliphatic carbocycles. The zero-order valence-corrected chi connectivity index (χ0v) is 13.7. The summed E-state index contributed by atoms with van der Waals surface area (Å²) >= 11 is 1.58. The lowest BCUT2D eigenvalue weighted by molar-refractivity contribution is 0.0598. The van der Waals surface area contributed by atoms with Gasteiger partial charge in [0.05, 0.1) is 7.11 Å². The maximum atomic E-state index is 12.3. The molecule has 0 radical (unpaired) electrons. The Balaban J connectivity index is 2.09. The first-order chi connectivity index (χ1) is 11.7. The van der Waals surface area contributed by atoms with Crippen LogP contribution in [0.15, 0.2) is 47.8 Å². The fourth-order valence-electron chi connectivity index (χ4n) is 3.07. The molecule has 0 unspecified atom stereocenters. The summed E-state index contributed by atoms with van der Waals surface area (Å²) in [5.41, 5.74) is 3.41. The fraction of sp³-hybridized carbons (Fsp3) is 0.105. The van der Waals surface area contributed by atoms with E-state index in [1.807, 2.05) is 41.8 Å². The van der Waals surface area contributed by atoms with Crippen molar-refractivity contribution in [2.45, 2.75) is 6.61 Å². The quantitative estimate of drug-likeness (QED) is 0.701. The standard InChI is InChI=1S/C19H14O4S/c1-22-19(21)18-14(20)9-12(16-7-4-8-24-16)13-10-23-15-6-3-2-5-11(15)17(13)18/h2-9,20H,10H2,1H3. The van der Waals surface area contributed by atoms with Gasteiger partial charge in [0.1, 0.15) is 23.7 Å². The Morgan fingerprint density at radius 2 is 2.04 bits per heavy atom. The smallest absolute Gasteiger partial charge is 0.342 e. The second-order valence-electron chi connectivity index (χ2n) is 5.43. The molecule has 2 aromatic carbocycles. The number of phenols is 1. The maximum absolute atomic E-state index is 12.3. The lowest BCUT2D eigenvalue weighted by Gasteiger charge is -2.25. The Hall–Kier alpha value is -2.79. The highest BCUT2D eigenvalue weighted by atomic mass is 32.1. The van der Waals surface area contributed by atoms with Crippen LogP contribution in [0.4, 0.5) is 0 Å².